The molecule has 0 aromatic carbocycles. The standard InChI is InChI=1S/C16H28N2O4/c1-15(2,3)22-14(21)18-10-16(11-18,9-13(19)20)17-8-4-5-12-6-7-12/h12,17H,4-11H2,1-3H3,(H,19,20). The van der Waals surface area contributed by atoms with Gasteiger partial charge in [0.15, 0.2) is 0 Å². The number of nitrogens with zero attached hydrogens (tertiary/aromatic N) is 1. The maximum atomic E-state index is 12.0. The van der Waals surface area contributed by atoms with Gasteiger partial charge in [0, 0.05) is 13.1 Å². The van der Waals surface area contributed by atoms with Crippen molar-refractivity contribution in [2.45, 2.75) is 64.0 Å². The zero-order valence-electron chi connectivity index (χ0n) is 13.9. The molecule has 1 amide bonds. The van der Waals surface area contributed by atoms with E-state index in [1.54, 1.807) is 4.90 Å². The fraction of sp³-hybridized carbons (Fsp3) is 0.875. The third-order valence-electron chi connectivity index (χ3n) is 4.11. The van der Waals surface area contributed by atoms with Crippen molar-refractivity contribution in [3.8, 4) is 0 Å². The highest BCUT2D eigenvalue weighted by Crippen LogP contribution is 2.33. The lowest BCUT2D eigenvalue weighted by atomic mass is 9.86. The highest BCUT2D eigenvalue weighted by Gasteiger charge is 2.47. The summed E-state index contributed by atoms with van der Waals surface area (Å²) in [6, 6.07) is 0. The molecular formula is C16H28N2O4. The number of amides is 1. The van der Waals surface area contributed by atoms with Gasteiger partial charge in [0.05, 0.1) is 12.0 Å². The van der Waals surface area contributed by atoms with Crippen LogP contribution in [0, 0.1) is 5.92 Å². The summed E-state index contributed by atoms with van der Waals surface area (Å²) in [5, 5.41) is 12.5. The Labute approximate surface area is 132 Å². The topological polar surface area (TPSA) is 78.9 Å². The van der Waals surface area contributed by atoms with Crippen molar-refractivity contribution >= 4 is 12.1 Å². The Balaban J connectivity index is 1.78. The van der Waals surface area contributed by atoms with E-state index in [1.807, 2.05) is 20.8 Å². The SMILES string of the molecule is CC(C)(C)OC(=O)N1CC(CC(=O)O)(NCCCC2CC2)C1. The first-order valence-electron chi connectivity index (χ1n) is 8.14. The molecule has 1 saturated carbocycles. The highest BCUT2D eigenvalue weighted by atomic mass is 16.6. The minimum Gasteiger partial charge on any atom is -0.481 e. The van der Waals surface area contributed by atoms with E-state index < -0.39 is 17.1 Å². The third-order valence-corrected chi connectivity index (χ3v) is 4.11. The monoisotopic (exact) mass is 312 g/mol. The van der Waals surface area contributed by atoms with E-state index in [1.165, 1.54) is 19.3 Å². The predicted molar refractivity (Wildman–Crippen MR) is 82.8 cm³/mol. The molecule has 1 saturated heterocycles. The van der Waals surface area contributed by atoms with Crippen molar-refractivity contribution in [2.24, 2.45) is 5.92 Å². The molecule has 0 bridgehead atoms. The molecule has 0 radical (unpaired) electrons. The van der Waals surface area contributed by atoms with Crippen molar-refractivity contribution in [1.82, 2.24) is 10.2 Å². The average molecular weight is 312 g/mol. The van der Waals surface area contributed by atoms with Crippen LogP contribution in [0.1, 0.15) is 52.9 Å². The molecule has 2 N–H and O–H groups in total. The number of rotatable bonds is 7. The van der Waals surface area contributed by atoms with Crippen LogP contribution in [0.15, 0.2) is 0 Å². The van der Waals surface area contributed by atoms with E-state index in [0.29, 0.717) is 13.1 Å². The highest BCUT2D eigenvalue weighted by molar-refractivity contribution is 5.73. The maximum absolute atomic E-state index is 12.0. The van der Waals surface area contributed by atoms with Crippen LogP contribution >= 0.6 is 0 Å². The number of carboxylic acid groups (broad SMARTS) is 1. The van der Waals surface area contributed by atoms with Crippen LogP contribution in [0.2, 0.25) is 0 Å². The smallest absolute Gasteiger partial charge is 0.410 e. The second kappa shape index (κ2) is 6.44. The molecule has 0 atom stereocenters. The van der Waals surface area contributed by atoms with Crippen molar-refractivity contribution in [3.63, 3.8) is 0 Å². The summed E-state index contributed by atoms with van der Waals surface area (Å²) in [7, 11) is 0. The van der Waals surface area contributed by atoms with Crippen LogP contribution < -0.4 is 5.32 Å². The van der Waals surface area contributed by atoms with Gasteiger partial charge in [-0.05, 0) is 46.1 Å². The number of carbonyl (C=O) groups is 2. The van der Waals surface area contributed by atoms with Gasteiger partial charge in [-0.3, -0.25) is 4.79 Å². The minimum atomic E-state index is -0.835. The van der Waals surface area contributed by atoms with Crippen LogP contribution in [0.3, 0.4) is 0 Å². The second-order valence-electron chi connectivity index (χ2n) is 7.70. The summed E-state index contributed by atoms with van der Waals surface area (Å²) in [6.07, 6.45) is 4.63. The third kappa shape index (κ3) is 5.16. The van der Waals surface area contributed by atoms with Gasteiger partial charge < -0.3 is 20.1 Å². The van der Waals surface area contributed by atoms with Gasteiger partial charge in [0.2, 0.25) is 0 Å². The molecule has 2 fully saturated rings. The quantitative estimate of drug-likeness (QED) is 0.705. The lowest BCUT2D eigenvalue weighted by Gasteiger charge is -2.49. The number of hydrogen-bond acceptors (Lipinski definition) is 4. The fourth-order valence-corrected chi connectivity index (χ4v) is 2.87. The predicted octanol–water partition coefficient (Wildman–Crippen LogP) is 2.23. The molecule has 6 nitrogen and oxygen atoms in total. The Bertz CT molecular complexity index is 420. The molecular weight excluding hydrogens is 284 g/mol. The number of nitrogens with one attached hydrogen (secondary N) is 1. The fourth-order valence-electron chi connectivity index (χ4n) is 2.87. The van der Waals surface area contributed by atoms with Gasteiger partial charge in [-0.2, -0.15) is 0 Å². The number of carbonyl (C=O) groups excluding carboxylic acids is 1. The van der Waals surface area contributed by atoms with Gasteiger partial charge >= 0.3 is 12.1 Å². The van der Waals surface area contributed by atoms with Crippen LogP contribution in [0.25, 0.3) is 0 Å². The van der Waals surface area contributed by atoms with Gasteiger partial charge in [-0.25, -0.2) is 4.79 Å². The number of likely N-dealkylation sites (tertiary alicyclic amines) is 1. The molecule has 6 heteroatoms. The second-order valence-corrected chi connectivity index (χ2v) is 7.70. The van der Waals surface area contributed by atoms with Crippen molar-refractivity contribution in [3.05, 3.63) is 0 Å². The van der Waals surface area contributed by atoms with E-state index in [2.05, 4.69) is 5.32 Å². The molecule has 22 heavy (non-hydrogen) atoms. The number of ether oxygens (including phenoxy) is 1. The Morgan fingerprint density at radius 2 is 1.95 bits per heavy atom. The van der Waals surface area contributed by atoms with E-state index >= 15 is 0 Å². The average Bonchev–Trinajstić information content (AvgIpc) is 3.11. The van der Waals surface area contributed by atoms with Gasteiger partial charge in [-0.1, -0.05) is 12.8 Å². The van der Waals surface area contributed by atoms with Gasteiger partial charge in [0.1, 0.15) is 5.60 Å². The zero-order valence-corrected chi connectivity index (χ0v) is 13.9. The molecule has 0 aromatic heterocycles. The van der Waals surface area contributed by atoms with E-state index in [4.69, 9.17) is 9.84 Å². The Hall–Kier alpha value is -1.30. The molecule has 0 aromatic rings. The normalized spacial score (nSPS) is 20.4. The van der Waals surface area contributed by atoms with E-state index in [9.17, 15) is 9.59 Å². The molecule has 1 heterocycles. The molecule has 2 rings (SSSR count). The maximum Gasteiger partial charge on any atom is 0.410 e. The van der Waals surface area contributed by atoms with Crippen LogP contribution in [-0.2, 0) is 9.53 Å². The summed E-state index contributed by atoms with van der Waals surface area (Å²) in [5.74, 6) is 0.0513. The summed E-state index contributed by atoms with van der Waals surface area (Å²) in [5.41, 5.74) is -1.02. The molecule has 126 valence electrons. The molecule has 1 aliphatic heterocycles. The summed E-state index contributed by atoms with van der Waals surface area (Å²) in [6.45, 7) is 7.09. The Morgan fingerprint density at radius 3 is 2.45 bits per heavy atom. The molecule has 0 spiro atoms. The van der Waals surface area contributed by atoms with Crippen LogP contribution in [0.4, 0.5) is 4.79 Å². The number of hydrogen-bond donors (Lipinski definition) is 2. The van der Waals surface area contributed by atoms with Crippen molar-refractivity contribution < 1.29 is 19.4 Å². The van der Waals surface area contributed by atoms with Gasteiger partial charge in [-0.15, -0.1) is 0 Å². The zero-order chi connectivity index (χ0) is 16.4. The van der Waals surface area contributed by atoms with Crippen molar-refractivity contribution in [1.29, 1.82) is 0 Å². The van der Waals surface area contributed by atoms with Gasteiger partial charge in [0.25, 0.3) is 0 Å². The first-order chi connectivity index (χ1) is 10.2. The van der Waals surface area contributed by atoms with Crippen LogP contribution in [0.5, 0.6) is 0 Å². The molecule has 2 aliphatic rings. The molecule has 1 aliphatic carbocycles. The van der Waals surface area contributed by atoms with Crippen LogP contribution in [-0.4, -0.2) is 52.8 Å². The molecule has 0 unspecified atom stereocenters. The van der Waals surface area contributed by atoms with E-state index in [-0.39, 0.29) is 12.5 Å². The first-order valence-corrected chi connectivity index (χ1v) is 8.14. The number of carboxylic acids is 1. The Morgan fingerprint density at radius 1 is 1.32 bits per heavy atom. The van der Waals surface area contributed by atoms with Crippen molar-refractivity contribution in [2.75, 3.05) is 19.6 Å². The lowest BCUT2D eigenvalue weighted by molar-refractivity contribution is -0.141. The van der Waals surface area contributed by atoms with E-state index in [0.717, 1.165) is 18.9 Å². The summed E-state index contributed by atoms with van der Waals surface area (Å²) in [4.78, 5) is 24.6. The lowest BCUT2D eigenvalue weighted by Crippen LogP contribution is -2.71. The largest absolute Gasteiger partial charge is 0.481 e. The Kier molecular flexibility index (Phi) is 5.00. The summed E-state index contributed by atoms with van der Waals surface area (Å²) >= 11 is 0. The summed E-state index contributed by atoms with van der Waals surface area (Å²) < 4.78 is 5.32. The first kappa shape index (κ1) is 17.1. The number of aliphatic carboxylic acids is 1. The minimum absolute atomic E-state index is 0.0374.